The highest BCUT2D eigenvalue weighted by atomic mass is 35.5. The minimum atomic E-state index is -0.192. The Balaban J connectivity index is 1.53. The Bertz CT molecular complexity index is 941. The van der Waals surface area contributed by atoms with E-state index in [1.807, 2.05) is 30.3 Å². The number of amides is 1. The van der Waals surface area contributed by atoms with Crippen molar-refractivity contribution < 1.29 is 14.3 Å². The van der Waals surface area contributed by atoms with Crippen LogP contribution in [0.15, 0.2) is 54.9 Å². The fourth-order valence-corrected chi connectivity index (χ4v) is 3.11. The maximum Gasteiger partial charge on any atom is 0.253 e. The van der Waals surface area contributed by atoms with Crippen LogP contribution in [0.5, 0.6) is 11.5 Å². The number of para-hydroxylation sites is 1. The predicted octanol–water partition coefficient (Wildman–Crippen LogP) is 3.23. The molecule has 0 radical (unpaired) electrons. The van der Waals surface area contributed by atoms with E-state index in [0.29, 0.717) is 41.8 Å². The third kappa shape index (κ3) is 3.23. The highest BCUT2D eigenvalue weighted by Gasteiger charge is 2.17. The van der Waals surface area contributed by atoms with Crippen LogP contribution in [0.1, 0.15) is 15.9 Å². The van der Waals surface area contributed by atoms with Gasteiger partial charge in [-0.2, -0.15) is 5.10 Å². The predicted molar refractivity (Wildman–Crippen MR) is 97.2 cm³/mol. The summed E-state index contributed by atoms with van der Waals surface area (Å²) in [6.07, 6.45) is 3.47. The Hall–Kier alpha value is -2.99. The molecule has 6 nitrogen and oxygen atoms in total. The summed E-state index contributed by atoms with van der Waals surface area (Å²) in [7, 11) is 0. The minimum Gasteiger partial charge on any atom is -0.486 e. The molecule has 1 N–H and O–H groups in total. The molecule has 0 spiro atoms. The molecule has 4 rings (SSSR count). The fraction of sp³-hybridized carbons (Fsp3) is 0.158. The van der Waals surface area contributed by atoms with Crippen LogP contribution in [0.3, 0.4) is 0 Å². The molecule has 7 heteroatoms. The van der Waals surface area contributed by atoms with Crippen LogP contribution < -0.4 is 14.8 Å². The Morgan fingerprint density at radius 2 is 2.04 bits per heavy atom. The topological polar surface area (TPSA) is 65.4 Å². The van der Waals surface area contributed by atoms with E-state index in [4.69, 9.17) is 21.1 Å². The van der Waals surface area contributed by atoms with E-state index in [0.717, 1.165) is 11.3 Å². The van der Waals surface area contributed by atoms with E-state index < -0.39 is 0 Å². The molecule has 1 aliphatic heterocycles. The summed E-state index contributed by atoms with van der Waals surface area (Å²) in [6, 6.07) is 12.7. The zero-order valence-corrected chi connectivity index (χ0v) is 14.6. The lowest BCUT2D eigenvalue weighted by Gasteiger charge is -2.20. The van der Waals surface area contributed by atoms with Crippen molar-refractivity contribution in [1.82, 2.24) is 15.1 Å². The quantitative estimate of drug-likeness (QED) is 0.766. The lowest BCUT2D eigenvalue weighted by atomic mass is 10.1. The number of fused-ring (bicyclic) bond motifs is 1. The van der Waals surface area contributed by atoms with E-state index >= 15 is 0 Å². The van der Waals surface area contributed by atoms with E-state index in [1.165, 1.54) is 0 Å². The highest BCUT2D eigenvalue weighted by molar-refractivity contribution is 6.32. The molecule has 0 bridgehead atoms. The van der Waals surface area contributed by atoms with E-state index in [-0.39, 0.29) is 5.91 Å². The number of benzene rings is 2. The summed E-state index contributed by atoms with van der Waals surface area (Å²) >= 11 is 6.24. The SMILES string of the molecule is O=C(NCc1cc(Cl)c2c(c1)OCCO2)c1ccccc1-n1cccn1. The molecule has 0 unspecified atom stereocenters. The molecule has 2 aromatic carbocycles. The number of carbonyl (C=O) groups excluding carboxylic acids is 1. The number of nitrogens with zero attached hydrogens (tertiary/aromatic N) is 2. The van der Waals surface area contributed by atoms with Crippen LogP contribution in [0, 0.1) is 0 Å². The summed E-state index contributed by atoms with van der Waals surface area (Å²) in [5.41, 5.74) is 2.10. The average molecular weight is 370 g/mol. The Morgan fingerprint density at radius 3 is 2.88 bits per heavy atom. The van der Waals surface area contributed by atoms with Crippen molar-refractivity contribution in [3.05, 3.63) is 71.0 Å². The smallest absolute Gasteiger partial charge is 0.253 e. The molecule has 3 aromatic rings. The Labute approximate surface area is 155 Å². The third-order valence-electron chi connectivity index (χ3n) is 4.01. The minimum absolute atomic E-state index is 0.192. The second-order valence-corrected chi connectivity index (χ2v) is 6.16. The van der Waals surface area contributed by atoms with Crippen molar-refractivity contribution in [2.45, 2.75) is 6.54 Å². The van der Waals surface area contributed by atoms with Crippen LogP contribution >= 0.6 is 11.6 Å². The van der Waals surface area contributed by atoms with Crippen LogP contribution in [-0.2, 0) is 6.54 Å². The third-order valence-corrected chi connectivity index (χ3v) is 4.29. The standard InChI is InChI=1S/C19H16ClN3O3/c20-15-10-13(11-17-18(15)26-9-8-25-17)12-21-19(24)14-4-1-2-5-16(14)23-7-3-6-22-23/h1-7,10-11H,8-9,12H2,(H,21,24). The Morgan fingerprint density at radius 1 is 1.19 bits per heavy atom. The number of halogens is 1. The van der Waals surface area contributed by atoms with Crippen LogP contribution in [0.25, 0.3) is 5.69 Å². The normalized spacial score (nSPS) is 12.7. The lowest BCUT2D eigenvalue weighted by molar-refractivity contribution is 0.0950. The van der Waals surface area contributed by atoms with Gasteiger partial charge in [0.25, 0.3) is 5.91 Å². The van der Waals surface area contributed by atoms with Gasteiger partial charge in [0.2, 0.25) is 0 Å². The molecule has 0 aliphatic carbocycles. The van der Waals surface area contributed by atoms with Crippen LogP contribution in [0.2, 0.25) is 5.02 Å². The molecule has 0 fully saturated rings. The zero-order chi connectivity index (χ0) is 17.9. The number of aromatic nitrogens is 2. The first-order valence-corrected chi connectivity index (χ1v) is 8.55. The molecular weight excluding hydrogens is 354 g/mol. The number of carbonyl (C=O) groups is 1. The van der Waals surface area contributed by atoms with Crippen LogP contribution in [0.4, 0.5) is 0 Å². The molecule has 0 saturated carbocycles. The summed E-state index contributed by atoms with van der Waals surface area (Å²) in [4.78, 5) is 12.7. The van der Waals surface area contributed by atoms with Crippen molar-refractivity contribution in [2.24, 2.45) is 0 Å². The second kappa shape index (κ2) is 7.09. The maximum absolute atomic E-state index is 12.7. The number of hydrogen-bond donors (Lipinski definition) is 1. The first kappa shape index (κ1) is 16.5. The molecule has 0 atom stereocenters. The molecule has 2 heterocycles. The van der Waals surface area contributed by atoms with Crippen molar-refractivity contribution in [3.8, 4) is 17.2 Å². The van der Waals surface area contributed by atoms with Gasteiger partial charge >= 0.3 is 0 Å². The van der Waals surface area contributed by atoms with Crippen LogP contribution in [-0.4, -0.2) is 28.9 Å². The lowest BCUT2D eigenvalue weighted by Crippen LogP contribution is -2.24. The van der Waals surface area contributed by atoms with Gasteiger partial charge in [0, 0.05) is 18.9 Å². The molecule has 26 heavy (non-hydrogen) atoms. The summed E-state index contributed by atoms with van der Waals surface area (Å²) in [5.74, 6) is 0.962. The summed E-state index contributed by atoms with van der Waals surface area (Å²) < 4.78 is 12.7. The van der Waals surface area contributed by atoms with E-state index in [1.54, 1.807) is 29.2 Å². The number of nitrogens with one attached hydrogen (secondary N) is 1. The van der Waals surface area contributed by atoms with Gasteiger partial charge in [0.05, 0.1) is 16.3 Å². The molecule has 1 aliphatic rings. The second-order valence-electron chi connectivity index (χ2n) is 5.75. The molecule has 1 aromatic heterocycles. The van der Waals surface area contributed by atoms with Crippen molar-refractivity contribution >= 4 is 17.5 Å². The maximum atomic E-state index is 12.7. The molecule has 0 saturated heterocycles. The van der Waals surface area contributed by atoms with Gasteiger partial charge in [-0.1, -0.05) is 23.7 Å². The van der Waals surface area contributed by atoms with Gasteiger partial charge in [-0.05, 0) is 35.9 Å². The first-order valence-electron chi connectivity index (χ1n) is 8.17. The average Bonchev–Trinajstić information content (AvgIpc) is 3.21. The van der Waals surface area contributed by atoms with Crippen molar-refractivity contribution in [2.75, 3.05) is 13.2 Å². The number of ether oxygens (including phenoxy) is 2. The molecule has 132 valence electrons. The first-order chi connectivity index (χ1) is 12.7. The van der Waals surface area contributed by atoms with Gasteiger partial charge < -0.3 is 14.8 Å². The zero-order valence-electron chi connectivity index (χ0n) is 13.8. The molecular formula is C19H16ClN3O3. The van der Waals surface area contributed by atoms with Gasteiger partial charge in [-0.25, -0.2) is 4.68 Å². The Kier molecular flexibility index (Phi) is 4.50. The van der Waals surface area contributed by atoms with E-state index in [2.05, 4.69) is 10.4 Å². The largest absolute Gasteiger partial charge is 0.486 e. The van der Waals surface area contributed by atoms with Gasteiger partial charge in [-0.15, -0.1) is 0 Å². The van der Waals surface area contributed by atoms with Gasteiger partial charge in [0.15, 0.2) is 11.5 Å². The highest BCUT2D eigenvalue weighted by Crippen LogP contribution is 2.38. The monoisotopic (exact) mass is 369 g/mol. The van der Waals surface area contributed by atoms with Crippen molar-refractivity contribution in [3.63, 3.8) is 0 Å². The van der Waals surface area contributed by atoms with Gasteiger partial charge in [-0.3, -0.25) is 4.79 Å². The number of hydrogen-bond acceptors (Lipinski definition) is 4. The summed E-state index contributed by atoms with van der Waals surface area (Å²) in [5, 5.41) is 7.59. The number of rotatable bonds is 4. The molecule has 1 amide bonds. The van der Waals surface area contributed by atoms with E-state index in [9.17, 15) is 4.79 Å². The fourth-order valence-electron chi connectivity index (χ4n) is 2.82. The summed E-state index contributed by atoms with van der Waals surface area (Å²) in [6.45, 7) is 1.28. The van der Waals surface area contributed by atoms with Gasteiger partial charge in [0.1, 0.15) is 13.2 Å². The van der Waals surface area contributed by atoms with Crippen molar-refractivity contribution in [1.29, 1.82) is 0 Å².